The van der Waals surface area contributed by atoms with Gasteiger partial charge in [-0.25, -0.2) is 15.0 Å². The summed E-state index contributed by atoms with van der Waals surface area (Å²) in [5, 5.41) is 3.65. The summed E-state index contributed by atoms with van der Waals surface area (Å²) in [6.07, 6.45) is 16.4. The first-order chi connectivity index (χ1) is 20.8. The van der Waals surface area contributed by atoms with Crippen molar-refractivity contribution in [1.82, 2.24) is 19.5 Å². The Morgan fingerprint density at radius 1 is 0.977 bits per heavy atom. The van der Waals surface area contributed by atoms with E-state index in [2.05, 4.69) is 46.9 Å². The minimum absolute atomic E-state index is 0.239. The first-order valence-electron chi connectivity index (χ1n) is 16.1. The van der Waals surface area contributed by atoms with Crippen LogP contribution in [0.5, 0.6) is 0 Å². The molecule has 2 aromatic heterocycles. The molecule has 0 saturated carbocycles. The maximum Gasteiger partial charge on any atom is 0.353 e. The molecule has 0 bridgehead atoms. The number of nitrogens with zero attached hydrogens (tertiary/aromatic N) is 4. The number of anilines is 1. The first-order valence-corrected chi connectivity index (χ1v) is 21.1. The van der Waals surface area contributed by atoms with Crippen LogP contribution in [-0.2, 0) is 20.4 Å². The van der Waals surface area contributed by atoms with Gasteiger partial charge in [0.1, 0.15) is 18.2 Å². The average molecular weight is 658 g/mol. The molecule has 2 aromatic rings. The Morgan fingerprint density at radius 3 is 2.26 bits per heavy atom. The van der Waals surface area contributed by atoms with Crippen molar-refractivity contribution in [1.29, 1.82) is 0 Å². The zero-order chi connectivity index (χ0) is 31.4. The Kier molecular flexibility index (Phi) is 18.9. The number of unbranched alkanes of at least 4 members (excludes halogenated alkanes) is 10. The van der Waals surface area contributed by atoms with Gasteiger partial charge in [0.2, 0.25) is 0 Å². The molecule has 2 heterocycles. The number of nitrogens with two attached hydrogens (primary N) is 1. The number of hydrogen-bond donors (Lipinski definition) is 2. The van der Waals surface area contributed by atoms with Crippen LogP contribution < -0.4 is 5.73 Å². The van der Waals surface area contributed by atoms with Crippen molar-refractivity contribution in [3.63, 3.8) is 0 Å². The third kappa shape index (κ3) is 15.0. The van der Waals surface area contributed by atoms with Crippen molar-refractivity contribution < 1.29 is 18.7 Å². The highest BCUT2D eigenvalue weighted by molar-refractivity contribution is 8.37. The summed E-state index contributed by atoms with van der Waals surface area (Å²) in [5.41, 5.74) is 6.95. The zero-order valence-corrected chi connectivity index (χ0v) is 29.5. The number of fused-ring (bicyclic) bond motifs is 1. The predicted octanol–water partition coefficient (Wildman–Crippen LogP) is 7.82. The molecule has 0 saturated heterocycles. The molecular weight excluding hydrogens is 601 g/mol. The molecule has 0 aliphatic carbocycles. The monoisotopic (exact) mass is 657 g/mol. The second kappa shape index (κ2) is 21.5. The van der Waals surface area contributed by atoms with Gasteiger partial charge >= 0.3 is 7.60 Å². The van der Waals surface area contributed by atoms with E-state index in [9.17, 15) is 9.46 Å². The number of hydrogen-bond acceptors (Lipinski definition) is 8. The number of imidazole rings is 1. The Labute approximate surface area is 266 Å². The third-order valence-electron chi connectivity index (χ3n) is 7.71. The fourth-order valence-corrected chi connectivity index (χ4v) is 8.72. The van der Waals surface area contributed by atoms with Crippen molar-refractivity contribution >= 4 is 46.4 Å². The van der Waals surface area contributed by atoms with E-state index in [1.165, 1.54) is 87.8 Å². The molecule has 0 aliphatic rings. The van der Waals surface area contributed by atoms with Crippen LogP contribution in [0.15, 0.2) is 12.7 Å². The summed E-state index contributed by atoms with van der Waals surface area (Å²) >= 11 is 1.77. The fraction of sp³-hybridized carbons (Fsp3) is 0.774. The maximum absolute atomic E-state index is 12.3. The maximum atomic E-state index is 12.3. The number of thioether (sulfide) groups is 1. The summed E-state index contributed by atoms with van der Waals surface area (Å²) in [4.78, 5) is 22.5. The van der Waals surface area contributed by atoms with Crippen LogP contribution >= 0.6 is 29.4 Å². The lowest BCUT2D eigenvalue weighted by molar-refractivity contribution is 0.0724. The van der Waals surface area contributed by atoms with Gasteiger partial charge in [-0.3, -0.25) is 4.57 Å². The van der Waals surface area contributed by atoms with Crippen molar-refractivity contribution in [2.24, 2.45) is 0 Å². The highest BCUT2D eigenvalue weighted by atomic mass is 32.3. The SMILES string of the molecule is CCS(C#CCCCCCCCCCCCCSCCOP(=O)(O)CO[C@H](C)Cn1cnc2c(N)ncnc21)(CC)CC. The van der Waals surface area contributed by atoms with Gasteiger partial charge in [-0.05, 0) is 42.8 Å². The van der Waals surface area contributed by atoms with Crippen LogP contribution in [0.4, 0.5) is 5.82 Å². The summed E-state index contributed by atoms with van der Waals surface area (Å²) in [6.45, 7) is 9.37. The summed E-state index contributed by atoms with van der Waals surface area (Å²) in [7, 11) is -4.45. The van der Waals surface area contributed by atoms with E-state index >= 15 is 0 Å². The number of rotatable bonds is 24. The molecule has 9 nitrogen and oxygen atoms in total. The second-order valence-electron chi connectivity index (χ2n) is 11.0. The first kappa shape index (κ1) is 37.9. The van der Waals surface area contributed by atoms with E-state index in [-0.39, 0.29) is 19.1 Å². The molecular formula is C31H56N5O4PS2. The van der Waals surface area contributed by atoms with Gasteiger partial charge in [-0.1, -0.05) is 83.3 Å². The molecule has 2 atom stereocenters. The highest BCUT2D eigenvalue weighted by Crippen LogP contribution is 2.45. The Morgan fingerprint density at radius 2 is 1.60 bits per heavy atom. The van der Waals surface area contributed by atoms with E-state index in [0.717, 1.165) is 12.2 Å². The second-order valence-corrected chi connectivity index (χ2v) is 18.0. The summed E-state index contributed by atoms with van der Waals surface area (Å²) in [5.74, 6) is 9.30. The van der Waals surface area contributed by atoms with E-state index in [0.29, 0.717) is 29.3 Å². The molecule has 12 heteroatoms. The molecule has 246 valence electrons. The minimum atomic E-state index is -3.80. The predicted molar refractivity (Wildman–Crippen MR) is 186 cm³/mol. The van der Waals surface area contributed by atoms with E-state index < -0.39 is 17.6 Å². The summed E-state index contributed by atoms with van der Waals surface area (Å²) in [6, 6.07) is 0. The molecule has 0 aromatic carbocycles. The Bertz CT molecular complexity index is 1140. The molecule has 0 spiro atoms. The van der Waals surface area contributed by atoms with Crippen LogP contribution in [0.25, 0.3) is 11.2 Å². The van der Waals surface area contributed by atoms with Crippen LogP contribution in [-0.4, -0.2) is 72.2 Å². The van der Waals surface area contributed by atoms with E-state index in [1.54, 1.807) is 22.7 Å². The molecule has 0 radical (unpaired) electrons. The lowest BCUT2D eigenvalue weighted by Gasteiger charge is -2.30. The van der Waals surface area contributed by atoms with Crippen molar-refractivity contribution in [2.75, 3.05) is 47.5 Å². The standard InChI is InChI=1S/C31H56N5O4PS2/c1-5-43(6-2,7-3)23-19-17-15-13-11-9-8-10-12-14-16-18-21-42-22-20-40-41(37,38)27-39-28(4)24-36-26-35-29-30(32)33-25-34-31(29)36/h25-26,28H,5-18,20-22,24,27H2,1-4H3,(H,37,38)(H2,32,33,34)/t28-/m1/s1. The smallest absolute Gasteiger partial charge is 0.353 e. The van der Waals surface area contributed by atoms with Crippen molar-refractivity contribution in [3.8, 4) is 11.2 Å². The van der Waals surface area contributed by atoms with Gasteiger partial charge in [-0.15, -0.1) is 0 Å². The normalized spacial score (nSPS) is 14.3. The Hall–Kier alpha value is -1.28. The quantitative estimate of drug-likeness (QED) is 0.0660. The molecule has 0 fully saturated rings. The van der Waals surface area contributed by atoms with E-state index in [4.69, 9.17) is 15.0 Å². The van der Waals surface area contributed by atoms with Crippen LogP contribution in [0.1, 0.15) is 98.3 Å². The average Bonchev–Trinajstić information content (AvgIpc) is 3.41. The van der Waals surface area contributed by atoms with Gasteiger partial charge in [0, 0.05) is 12.2 Å². The molecule has 43 heavy (non-hydrogen) atoms. The van der Waals surface area contributed by atoms with Crippen LogP contribution in [0, 0.1) is 11.2 Å². The van der Waals surface area contributed by atoms with Gasteiger partial charge < -0.3 is 24.5 Å². The van der Waals surface area contributed by atoms with Crippen molar-refractivity contribution in [3.05, 3.63) is 12.7 Å². The van der Waals surface area contributed by atoms with E-state index in [1.807, 2.05) is 6.92 Å². The van der Waals surface area contributed by atoms with Gasteiger partial charge in [0.25, 0.3) is 0 Å². The number of aromatic nitrogens is 4. The van der Waals surface area contributed by atoms with Crippen molar-refractivity contribution in [2.45, 2.75) is 111 Å². The van der Waals surface area contributed by atoms with Gasteiger partial charge in [0.15, 0.2) is 11.5 Å². The summed E-state index contributed by atoms with van der Waals surface area (Å²) < 4.78 is 25.0. The topological polar surface area (TPSA) is 125 Å². The molecule has 0 amide bonds. The molecule has 3 N–H and O–H groups in total. The number of ether oxygens (including phenoxy) is 1. The number of nitrogen functional groups attached to an aromatic ring is 1. The third-order valence-corrected chi connectivity index (χ3v) is 13.7. The highest BCUT2D eigenvalue weighted by Gasteiger charge is 2.22. The molecule has 2 rings (SSSR count). The van der Waals surface area contributed by atoms with Gasteiger partial charge in [0.05, 0.1) is 25.6 Å². The zero-order valence-electron chi connectivity index (χ0n) is 27.0. The lowest BCUT2D eigenvalue weighted by Crippen LogP contribution is -2.17. The minimum Gasteiger partial charge on any atom is -0.382 e. The lowest BCUT2D eigenvalue weighted by atomic mass is 10.1. The largest absolute Gasteiger partial charge is 0.382 e. The fourth-order valence-electron chi connectivity index (χ4n) is 4.83. The van der Waals surface area contributed by atoms with Gasteiger partial charge in [-0.2, -0.15) is 21.8 Å². The molecule has 1 unspecified atom stereocenters. The van der Waals surface area contributed by atoms with Crippen LogP contribution in [0.3, 0.4) is 0 Å². The molecule has 0 aliphatic heterocycles. The Balaban J connectivity index is 1.39. The van der Waals surface area contributed by atoms with Crippen LogP contribution in [0.2, 0.25) is 0 Å².